The van der Waals surface area contributed by atoms with Crippen molar-refractivity contribution >= 4 is 15.9 Å². The number of methoxy groups -OCH3 is 1. The molecule has 0 saturated heterocycles. The molecule has 0 aliphatic heterocycles. The number of sulfonamides is 1. The zero-order valence-electron chi connectivity index (χ0n) is 20.6. The third kappa shape index (κ3) is 6.03. The first kappa shape index (κ1) is 25.6. The third-order valence-corrected chi connectivity index (χ3v) is 8.08. The van der Waals surface area contributed by atoms with Crippen LogP contribution in [0.25, 0.3) is 0 Å². The van der Waals surface area contributed by atoms with Crippen LogP contribution in [0, 0.1) is 13.8 Å². The Morgan fingerprint density at radius 2 is 1.86 bits per heavy atom. The largest absolute Gasteiger partial charge is 0.497 e. The molecular weight excluding hydrogens is 484 g/mol. The van der Waals surface area contributed by atoms with Gasteiger partial charge in [-0.2, -0.15) is 4.31 Å². The molecule has 36 heavy (non-hydrogen) atoms. The Morgan fingerprint density at radius 3 is 2.50 bits per heavy atom. The van der Waals surface area contributed by atoms with E-state index in [4.69, 9.17) is 13.9 Å². The first-order valence-electron chi connectivity index (χ1n) is 11.7. The van der Waals surface area contributed by atoms with E-state index >= 15 is 0 Å². The summed E-state index contributed by atoms with van der Waals surface area (Å²) < 4.78 is 45.0. The molecule has 4 rings (SSSR count). The van der Waals surface area contributed by atoms with Gasteiger partial charge in [0, 0.05) is 31.4 Å². The van der Waals surface area contributed by atoms with Crippen LogP contribution in [0.3, 0.4) is 0 Å². The van der Waals surface area contributed by atoms with Crippen molar-refractivity contribution in [3.63, 3.8) is 0 Å². The number of nitrogens with zero attached hydrogens (tertiary/aromatic N) is 3. The molecule has 1 saturated carbocycles. The molecule has 0 atom stereocenters. The number of aryl methyl sites for hydroxylation is 2. The Hall–Kier alpha value is -3.44. The number of nitrogens with one attached hydrogen (secondary N) is 1. The van der Waals surface area contributed by atoms with E-state index in [2.05, 4.69) is 15.3 Å². The molecule has 2 heterocycles. The Kier molecular flexibility index (Phi) is 7.90. The molecule has 1 fully saturated rings. The lowest BCUT2D eigenvalue weighted by molar-refractivity contribution is 0.0942. The minimum Gasteiger partial charge on any atom is -0.497 e. The minimum absolute atomic E-state index is 0.0472. The van der Waals surface area contributed by atoms with Gasteiger partial charge in [-0.05, 0) is 62.1 Å². The zero-order valence-corrected chi connectivity index (χ0v) is 21.4. The number of hydrogen-bond acceptors (Lipinski definition) is 8. The molecule has 0 radical (unpaired) electrons. The molecule has 192 valence electrons. The normalized spacial score (nSPS) is 13.6. The van der Waals surface area contributed by atoms with E-state index in [0.717, 1.165) is 12.8 Å². The van der Waals surface area contributed by atoms with Crippen LogP contribution < -0.4 is 14.8 Å². The van der Waals surface area contributed by atoms with Crippen molar-refractivity contribution in [2.24, 2.45) is 0 Å². The van der Waals surface area contributed by atoms with Crippen LogP contribution >= 0.6 is 0 Å². The number of amides is 1. The summed E-state index contributed by atoms with van der Waals surface area (Å²) in [6.07, 6.45) is 6.41. The van der Waals surface area contributed by atoms with E-state index in [0.29, 0.717) is 40.0 Å². The first-order chi connectivity index (χ1) is 17.3. The van der Waals surface area contributed by atoms with Crippen molar-refractivity contribution in [2.75, 3.05) is 26.8 Å². The second kappa shape index (κ2) is 11.1. The summed E-state index contributed by atoms with van der Waals surface area (Å²) in [6, 6.07) is 6.87. The van der Waals surface area contributed by atoms with Crippen LogP contribution in [0.1, 0.15) is 40.3 Å². The minimum atomic E-state index is -3.73. The molecule has 1 N–H and O–H groups in total. The number of carbonyl (C=O) groups excluding carboxylic acids is 1. The highest BCUT2D eigenvalue weighted by atomic mass is 32.2. The fraction of sp³-hybridized carbons (Fsp3) is 0.400. The smallest absolute Gasteiger partial charge is 0.273 e. The number of carbonyl (C=O) groups is 1. The molecule has 11 heteroatoms. The number of rotatable bonds is 12. The number of hydrogen-bond donors (Lipinski definition) is 1. The predicted octanol–water partition coefficient (Wildman–Crippen LogP) is 2.90. The van der Waals surface area contributed by atoms with E-state index in [1.54, 1.807) is 57.6 Å². The Morgan fingerprint density at radius 1 is 1.17 bits per heavy atom. The number of pyridine rings is 1. The van der Waals surface area contributed by atoms with Crippen molar-refractivity contribution in [3.05, 3.63) is 65.6 Å². The van der Waals surface area contributed by atoms with Gasteiger partial charge in [0.15, 0.2) is 11.6 Å². The lowest BCUT2D eigenvalue weighted by Crippen LogP contribution is -2.35. The third-order valence-electron chi connectivity index (χ3n) is 5.83. The molecular formula is C25H30N4O6S. The average molecular weight is 515 g/mol. The molecule has 0 unspecified atom stereocenters. The highest BCUT2D eigenvalue weighted by molar-refractivity contribution is 7.89. The van der Waals surface area contributed by atoms with Crippen molar-refractivity contribution < 1.29 is 27.1 Å². The van der Waals surface area contributed by atoms with E-state index in [1.807, 2.05) is 0 Å². The number of oxazole rings is 1. The molecule has 0 spiro atoms. The van der Waals surface area contributed by atoms with Gasteiger partial charge in [0.05, 0.1) is 18.6 Å². The Bertz CT molecular complexity index is 1280. The van der Waals surface area contributed by atoms with Crippen molar-refractivity contribution in [3.8, 4) is 11.5 Å². The molecule has 1 aliphatic carbocycles. The topological polar surface area (TPSA) is 124 Å². The molecule has 1 aliphatic rings. The van der Waals surface area contributed by atoms with Crippen LogP contribution in [0.15, 0.2) is 52.2 Å². The maximum atomic E-state index is 13.6. The quantitative estimate of drug-likeness (QED) is 0.366. The van der Waals surface area contributed by atoms with Gasteiger partial charge in [0.2, 0.25) is 10.0 Å². The molecule has 1 aromatic carbocycles. The standard InChI is InChI=1S/C25H30N4O6S/c1-17-14-21(33-3)15-18(2)24(17)36(31,32)29(19-4-5-19)12-8-23-28-22(16-35-23)25(30)27-11-13-34-20-6-9-26-10-7-20/h6-7,9-10,14-16,19H,4-5,8,11-13H2,1-3H3,(H,27,30). The Balaban J connectivity index is 1.36. The van der Waals surface area contributed by atoms with Crippen LogP contribution in [0.2, 0.25) is 0 Å². The van der Waals surface area contributed by atoms with Gasteiger partial charge < -0.3 is 19.2 Å². The second-order valence-electron chi connectivity index (χ2n) is 8.60. The Labute approximate surface area is 210 Å². The molecule has 3 aromatic rings. The van der Waals surface area contributed by atoms with Crippen LogP contribution in [0.5, 0.6) is 11.5 Å². The maximum absolute atomic E-state index is 13.6. The van der Waals surface area contributed by atoms with E-state index in [9.17, 15) is 13.2 Å². The highest BCUT2D eigenvalue weighted by Crippen LogP contribution is 2.35. The van der Waals surface area contributed by atoms with Gasteiger partial charge in [-0.3, -0.25) is 9.78 Å². The predicted molar refractivity (Wildman–Crippen MR) is 132 cm³/mol. The fourth-order valence-corrected chi connectivity index (χ4v) is 6.11. The summed E-state index contributed by atoms with van der Waals surface area (Å²) in [6.45, 7) is 4.33. The summed E-state index contributed by atoms with van der Waals surface area (Å²) in [5.74, 6) is 1.20. The van der Waals surface area contributed by atoms with Gasteiger partial charge in [-0.15, -0.1) is 0 Å². The summed E-state index contributed by atoms with van der Waals surface area (Å²) in [5, 5.41) is 2.72. The van der Waals surface area contributed by atoms with Gasteiger partial charge in [0.25, 0.3) is 5.91 Å². The lowest BCUT2D eigenvalue weighted by atomic mass is 10.1. The monoisotopic (exact) mass is 514 g/mol. The molecule has 1 amide bonds. The van der Waals surface area contributed by atoms with Crippen molar-refractivity contribution in [2.45, 2.75) is 44.0 Å². The van der Waals surface area contributed by atoms with Crippen LogP contribution in [-0.2, 0) is 16.4 Å². The summed E-state index contributed by atoms with van der Waals surface area (Å²) in [5.41, 5.74) is 1.41. The number of aromatic nitrogens is 2. The zero-order chi connectivity index (χ0) is 25.7. The van der Waals surface area contributed by atoms with Gasteiger partial charge in [-0.25, -0.2) is 13.4 Å². The van der Waals surface area contributed by atoms with Crippen LogP contribution in [0.4, 0.5) is 0 Å². The second-order valence-corrected chi connectivity index (χ2v) is 10.4. The lowest BCUT2D eigenvalue weighted by Gasteiger charge is -2.24. The molecule has 0 bridgehead atoms. The molecule has 10 nitrogen and oxygen atoms in total. The summed E-state index contributed by atoms with van der Waals surface area (Å²) >= 11 is 0. The summed E-state index contributed by atoms with van der Waals surface area (Å²) in [4.78, 5) is 20.8. The van der Waals surface area contributed by atoms with E-state index in [1.165, 1.54) is 10.6 Å². The molecule has 2 aromatic heterocycles. The SMILES string of the molecule is COc1cc(C)c(S(=O)(=O)N(CCc2nc(C(=O)NCCOc3ccncc3)co2)C2CC2)c(C)c1. The van der Waals surface area contributed by atoms with Crippen molar-refractivity contribution in [1.82, 2.24) is 19.6 Å². The van der Waals surface area contributed by atoms with Gasteiger partial charge >= 0.3 is 0 Å². The van der Waals surface area contributed by atoms with E-state index in [-0.39, 0.29) is 37.2 Å². The number of ether oxygens (including phenoxy) is 2. The number of benzene rings is 1. The maximum Gasteiger partial charge on any atom is 0.273 e. The van der Waals surface area contributed by atoms with Gasteiger partial charge in [0.1, 0.15) is 24.4 Å². The van der Waals surface area contributed by atoms with Crippen LogP contribution in [-0.4, -0.2) is 61.4 Å². The highest BCUT2D eigenvalue weighted by Gasteiger charge is 2.39. The summed E-state index contributed by atoms with van der Waals surface area (Å²) in [7, 11) is -2.17. The fourth-order valence-electron chi connectivity index (χ4n) is 4.01. The van der Waals surface area contributed by atoms with E-state index < -0.39 is 10.0 Å². The van der Waals surface area contributed by atoms with Gasteiger partial charge in [-0.1, -0.05) is 0 Å². The average Bonchev–Trinajstić information content (AvgIpc) is 3.57. The van der Waals surface area contributed by atoms with Crippen molar-refractivity contribution in [1.29, 1.82) is 0 Å². The first-order valence-corrected chi connectivity index (χ1v) is 13.2.